The van der Waals surface area contributed by atoms with Gasteiger partial charge in [-0.05, 0) is 43.5 Å². The standard InChI is InChI=1S/C24H25ClF3N5O2/c1-22(11-19(34)33(21(29)32-22)15-9-23(35,10-15)24(26,27)28)16-3-2-4-18(20(16)25)31-14-7-8-17(30-12-14)13-5-6-13/h2-4,7-8,12-13,15,31,35H,5-6,9-11H2,1H3,(H2,29,32)/t15?,22-,23?/m0/s1. The first-order valence-corrected chi connectivity index (χ1v) is 11.8. The van der Waals surface area contributed by atoms with Gasteiger partial charge in [0.15, 0.2) is 11.6 Å². The number of nitrogens with zero attached hydrogens (tertiary/aromatic N) is 2. The summed E-state index contributed by atoms with van der Waals surface area (Å²) in [5, 5.41) is 24.7. The van der Waals surface area contributed by atoms with E-state index in [-0.39, 0.29) is 12.4 Å². The van der Waals surface area contributed by atoms with E-state index in [0.717, 1.165) is 29.1 Å². The van der Waals surface area contributed by atoms with Gasteiger partial charge in [0.2, 0.25) is 5.91 Å². The Labute approximate surface area is 205 Å². The van der Waals surface area contributed by atoms with E-state index in [1.165, 1.54) is 0 Å². The van der Waals surface area contributed by atoms with Crippen molar-refractivity contribution in [3.05, 3.63) is 52.8 Å². The Kier molecular flexibility index (Phi) is 5.52. The predicted octanol–water partition coefficient (Wildman–Crippen LogP) is 4.78. The lowest BCUT2D eigenvalue weighted by molar-refractivity contribution is -0.296. The number of alkyl halides is 3. The molecule has 7 nitrogen and oxygen atoms in total. The molecule has 11 heteroatoms. The summed E-state index contributed by atoms with van der Waals surface area (Å²) in [6.07, 6.45) is -2.14. The Hall–Kier alpha value is -2.85. The minimum absolute atomic E-state index is 0.114. The zero-order valence-corrected chi connectivity index (χ0v) is 19.7. The number of hydrogen-bond donors (Lipinski definition) is 4. The highest BCUT2D eigenvalue weighted by atomic mass is 35.5. The van der Waals surface area contributed by atoms with E-state index in [2.05, 4.69) is 15.6 Å². The molecule has 2 aromatic rings. The zero-order valence-electron chi connectivity index (χ0n) is 18.9. The molecule has 2 heterocycles. The van der Waals surface area contributed by atoms with Crippen LogP contribution in [0.3, 0.4) is 0 Å². The lowest BCUT2D eigenvalue weighted by Gasteiger charge is -2.51. The molecule has 5 rings (SSSR count). The van der Waals surface area contributed by atoms with Crippen molar-refractivity contribution >= 4 is 34.8 Å². The molecule has 1 aromatic heterocycles. The molecule has 35 heavy (non-hydrogen) atoms. The molecule has 1 amide bonds. The van der Waals surface area contributed by atoms with Crippen molar-refractivity contribution in [3.8, 4) is 0 Å². The Morgan fingerprint density at radius 3 is 2.54 bits per heavy atom. The summed E-state index contributed by atoms with van der Waals surface area (Å²) < 4.78 is 39.0. The summed E-state index contributed by atoms with van der Waals surface area (Å²) in [5.74, 6) is -0.269. The SMILES string of the molecule is C[C@@]1(c2cccc(Nc3ccc(C4CC4)nc3)c2Cl)CC(=O)N(C2CC(O)(C(F)(F)F)C2)C(=N)N1. The van der Waals surface area contributed by atoms with Gasteiger partial charge in [0.05, 0.1) is 34.6 Å². The summed E-state index contributed by atoms with van der Waals surface area (Å²) in [4.78, 5) is 18.5. The van der Waals surface area contributed by atoms with E-state index in [1.54, 1.807) is 31.3 Å². The van der Waals surface area contributed by atoms with Crippen LogP contribution in [0.1, 0.15) is 56.2 Å². The van der Waals surface area contributed by atoms with Crippen molar-refractivity contribution in [2.45, 2.75) is 68.3 Å². The average Bonchev–Trinajstić information content (AvgIpc) is 3.58. The van der Waals surface area contributed by atoms with Gasteiger partial charge in [-0.3, -0.25) is 20.1 Å². The molecular weight excluding hydrogens is 483 g/mol. The molecule has 2 aliphatic carbocycles. The van der Waals surface area contributed by atoms with Gasteiger partial charge < -0.3 is 15.7 Å². The second-order valence-corrected chi connectivity index (χ2v) is 10.3. The minimum Gasteiger partial charge on any atom is -0.380 e. The van der Waals surface area contributed by atoms with Crippen LogP contribution in [0.4, 0.5) is 24.5 Å². The minimum atomic E-state index is -4.78. The number of benzene rings is 1. The van der Waals surface area contributed by atoms with E-state index in [4.69, 9.17) is 17.0 Å². The first-order chi connectivity index (χ1) is 16.4. The molecule has 0 radical (unpaired) electrons. The van der Waals surface area contributed by atoms with Crippen molar-refractivity contribution < 1.29 is 23.1 Å². The summed E-state index contributed by atoms with van der Waals surface area (Å²) in [5.41, 5.74) is -0.872. The Bertz CT molecular complexity index is 1160. The molecule has 0 spiro atoms. The second kappa shape index (κ2) is 8.09. The van der Waals surface area contributed by atoms with Crippen LogP contribution >= 0.6 is 11.6 Å². The number of nitrogens with one attached hydrogen (secondary N) is 3. The quantitative estimate of drug-likeness (QED) is 0.466. The summed E-state index contributed by atoms with van der Waals surface area (Å²) in [6.45, 7) is 1.72. The lowest BCUT2D eigenvalue weighted by Crippen LogP contribution is -2.69. The Morgan fingerprint density at radius 1 is 1.26 bits per heavy atom. The van der Waals surface area contributed by atoms with E-state index in [0.29, 0.717) is 22.2 Å². The van der Waals surface area contributed by atoms with Crippen LogP contribution in [-0.2, 0) is 10.3 Å². The number of pyridine rings is 1. The first-order valence-electron chi connectivity index (χ1n) is 11.4. The monoisotopic (exact) mass is 507 g/mol. The number of guanidine groups is 1. The fraction of sp³-hybridized carbons (Fsp3) is 0.458. The van der Waals surface area contributed by atoms with Crippen molar-refractivity contribution in [1.29, 1.82) is 5.41 Å². The van der Waals surface area contributed by atoms with Gasteiger partial charge in [-0.15, -0.1) is 0 Å². The third-order valence-electron chi connectivity index (χ3n) is 7.10. The number of amides is 1. The molecule has 1 atom stereocenters. The molecular formula is C24H25ClF3N5O2. The molecule has 0 bridgehead atoms. The molecule has 186 valence electrons. The molecule has 1 aliphatic heterocycles. The molecule has 4 N–H and O–H groups in total. The zero-order chi connectivity index (χ0) is 25.2. The number of carbonyl (C=O) groups is 1. The highest BCUT2D eigenvalue weighted by molar-refractivity contribution is 6.34. The highest BCUT2D eigenvalue weighted by Crippen LogP contribution is 2.48. The number of anilines is 2. The molecule has 3 fully saturated rings. The van der Waals surface area contributed by atoms with E-state index < -0.39 is 42.1 Å². The van der Waals surface area contributed by atoms with E-state index in [9.17, 15) is 23.1 Å². The number of rotatable bonds is 5. The van der Waals surface area contributed by atoms with Gasteiger partial charge in [0.25, 0.3) is 0 Å². The smallest absolute Gasteiger partial charge is 0.380 e. The highest BCUT2D eigenvalue weighted by Gasteiger charge is 2.63. The number of carbonyl (C=O) groups excluding carboxylic acids is 1. The Balaban J connectivity index is 1.32. The maximum absolute atomic E-state index is 13.0. The second-order valence-electron chi connectivity index (χ2n) is 9.88. The van der Waals surface area contributed by atoms with Crippen LogP contribution in [0.15, 0.2) is 36.5 Å². The number of aliphatic hydroxyl groups is 1. The van der Waals surface area contributed by atoms with Crippen molar-refractivity contribution in [3.63, 3.8) is 0 Å². The van der Waals surface area contributed by atoms with Gasteiger partial charge in [-0.1, -0.05) is 23.7 Å². The van der Waals surface area contributed by atoms with Crippen LogP contribution < -0.4 is 10.6 Å². The van der Waals surface area contributed by atoms with Crippen LogP contribution in [0.25, 0.3) is 0 Å². The van der Waals surface area contributed by atoms with Gasteiger partial charge in [0, 0.05) is 30.5 Å². The van der Waals surface area contributed by atoms with Crippen molar-refractivity contribution in [2.75, 3.05) is 5.32 Å². The van der Waals surface area contributed by atoms with E-state index >= 15 is 0 Å². The first kappa shape index (κ1) is 23.9. The van der Waals surface area contributed by atoms with Crippen LogP contribution in [0, 0.1) is 5.41 Å². The summed E-state index contributed by atoms with van der Waals surface area (Å²) in [6, 6.07) is 8.33. The maximum Gasteiger partial charge on any atom is 0.417 e. The average molecular weight is 508 g/mol. The number of aromatic nitrogens is 1. The van der Waals surface area contributed by atoms with Crippen molar-refractivity contribution in [2.24, 2.45) is 0 Å². The van der Waals surface area contributed by atoms with Crippen LogP contribution in [0.5, 0.6) is 0 Å². The third-order valence-corrected chi connectivity index (χ3v) is 7.51. The summed E-state index contributed by atoms with van der Waals surface area (Å²) in [7, 11) is 0. The lowest BCUT2D eigenvalue weighted by atomic mass is 9.73. The molecule has 1 aromatic carbocycles. The molecule has 3 aliphatic rings. The summed E-state index contributed by atoms with van der Waals surface area (Å²) >= 11 is 6.72. The number of hydrogen-bond acceptors (Lipinski definition) is 5. The van der Waals surface area contributed by atoms with Gasteiger partial charge in [-0.25, -0.2) is 0 Å². The van der Waals surface area contributed by atoms with Gasteiger partial charge in [0.1, 0.15) is 0 Å². The van der Waals surface area contributed by atoms with Crippen LogP contribution in [-0.4, -0.2) is 44.7 Å². The van der Waals surface area contributed by atoms with Crippen molar-refractivity contribution in [1.82, 2.24) is 15.2 Å². The maximum atomic E-state index is 13.0. The van der Waals surface area contributed by atoms with Crippen LogP contribution in [0.2, 0.25) is 5.02 Å². The topological polar surface area (TPSA) is 101 Å². The predicted molar refractivity (Wildman–Crippen MR) is 125 cm³/mol. The molecule has 1 saturated heterocycles. The normalized spacial score (nSPS) is 29.0. The fourth-order valence-corrected chi connectivity index (χ4v) is 5.25. The fourth-order valence-electron chi connectivity index (χ4n) is 4.87. The Morgan fingerprint density at radius 2 is 1.97 bits per heavy atom. The number of halogens is 4. The molecule has 2 saturated carbocycles. The molecule has 0 unspecified atom stereocenters. The van der Waals surface area contributed by atoms with E-state index in [1.807, 2.05) is 12.1 Å². The van der Waals surface area contributed by atoms with Gasteiger partial charge >= 0.3 is 6.18 Å². The third kappa shape index (κ3) is 4.23. The van der Waals surface area contributed by atoms with Gasteiger partial charge in [-0.2, -0.15) is 13.2 Å². The largest absolute Gasteiger partial charge is 0.417 e.